The molecule has 1 saturated heterocycles. The van der Waals surface area contributed by atoms with Crippen LogP contribution in [0.5, 0.6) is 0 Å². The van der Waals surface area contributed by atoms with Gasteiger partial charge in [0.25, 0.3) is 0 Å². The van der Waals surface area contributed by atoms with E-state index >= 15 is 0 Å². The Morgan fingerprint density at radius 1 is 1.50 bits per heavy atom. The summed E-state index contributed by atoms with van der Waals surface area (Å²) in [6, 6.07) is 0. The topological polar surface area (TPSA) is 32.3 Å². The van der Waals surface area contributed by atoms with Crippen molar-refractivity contribution in [2.75, 3.05) is 6.54 Å². The van der Waals surface area contributed by atoms with Gasteiger partial charge in [-0.2, -0.15) is 0 Å². The summed E-state index contributed by atoms with van der Waals surface area (Å²) in [4.78, 5) is 11.2. The third-order valence-electron chi connectivity index (χ3n) is 3.95. The van der Waals surface area contributed by atoms with E-state index in [1.165, 1.54) is 5.57 Å². The molecular formula is C13H20N2O. The van der Waals surface area contributed by atoms with E-state index in [2.05, 4.69) is 45.3 Å². The highest BCUT2D eigenvalue weighted by Gasteiger charge is 2.31. The molecule has 3 nitrogen and oxygen atoms in total. The van der Waals surface area contributed by atoms with E-state index in [1.807, 2.05) is 5.01 Å². The summed E-state index contributed by atoms with van der Waals surface area (Å²) in [7, 11) is 0. The van der Waals surface area contributed by atoms with Crippen molar-refractivity contribution in [1.29, 1.82) is 0 Å². The van der Waals surface area contributed by atoms with Crippen molar-refractivity contribution in [2.45, 2.75) is 34.1 Å². The predicted octanol–water partition coefficient (Wildman–Crippen LogP) is 2.23. The highest BCUT2D eigenvalue weighted by atomic mass is 16.2. The first-order valence-electron chi connectivity index (χ1n) is 5.89. The van der Waals surface area contributed by atoms with Gasteiger partial charge in [0.2, 0.25) is 5.91 Å². The normalized spacial score (nSPS) is 28.6. The molecule has 3 heteroatoms. The Balaban J connectivity index is 2.26. The first-order valence-corrected chi connectivity index (χ1v) is 5.89. The van der Waals surface area contributed by atoms with Crippen LogP contribution in [0.4, 0.5) is 0 Å². The van der Waals surface area contributed by atoms with Gasteiger partial charge in [-0.3, -0.25) is 15.2 Å². The summed E-state index contributed by atoms with van der Waals surface area (Å²) in [6.07, 6.45) is 4.98. The lowest BCUT2D eigenvalue weighted by molar-refractivity contribution is -0.120. The Hall–Kier alpha value is -1.25. The van der Waals surface area contributed by atoms with Gasteiger partial charge in [0.1, 0.15) is 0 Å². The summed E-state index contributed by atoms with van der Waals surface area (Å²) in [5.74, 6) is 0.621. The first kappa shape index (κ1) is 11.2. The summed E-state index contributed by atoms with van der Waals surface area (Å²) in [5, 5.41) is 1.97. The third-order valence-corrected chi connectivity index (χ3v) is 3.95. The summed E-state index contributed by atoms with van der Waals surface area (Å²) in [6.45, 7) is 9.68. The van der Waals surface area contributed by atoms with E-state index in [0.717, 1.165) is 12.2 Å². The molecule has 0 radical (unpaired) electrons. The molecule has 1 aliphatic heterocycles. The Kier molecular flexibility index (Phi) is 2.56. The van der Waals surface area contributed by atoms with E-state index in [4.69, 9.17) is 0 Å². The number of allylic oxidation sites excluding steroid dienone is 3. The average Bonchev–Trinajstić information content (AvgIpc) is 2.62. The van der Waals surface area contributed by atoms with E-state index in [-0.39, 0.29) is 11.3 Å². The molecule has 1 aliphatic carbocycles. The van der Waals surface area contributed by atoms with E-state index in [9.17, 15) is 4.79 Å². The number of nitrogens with zero attached hydrogens (tertiary/aromatic N) is 1. The Labute approximate surface area is 97.2 Å². The van der Waals surface area contributed by atoms with Gasteiger partial charge >= 0.3 is 0 Å². The number of hydrogen-bond acceptors (Lipinski definition) is 2. The number of amides is 1. The largest absolute Gasteiger partial charge is 0.285 e. The average molecular weight is 220 g/mol. The van der Waals surface area contributed by atoms with Gasteiger partial charge in [-0.05, 0) is 29.9 Å². The van der Waals surface area contributed by atoms with Crippen LogP contribution >= 0.6 is 0 Å². The van der Waals surface area contributed by atoms with Crippen molar-refractivity contribution in [3.05, 3.63) is 23.4 Å². The molecule has 1 heterocycles. The number of hydrazine groups is 1. The van der Waals surface area contributed by atoms with Gasteiger partial charge in [-0.1, -0.05) is 26.8 Å². The third kappa shape index (κ3) is 1.75. The molecule has 1 fully saturated rings. The van der Waals surface area contributed by atoms with Crippen LogP contribution in [0.2, 0.25) is 0 Å². The monoisotopic (exact) mass is 220 g/mol. The summed E-state index contributed by atoms with van der Waals surface area (Å²) in [5.41, 5.74) is 5.61. The van der Waals surface area contributed by atoms with E-state index in [1.54, 1.807) is 0 Å². The molecule has 16 heavy (non-hydrogen) atoms. The van der Waals surface area contributed by atoms with Crippen molar-refractivity contribution in [2.24, 2.45) is 11.3 Å². The maximum Gasteiger partial charge on any atom is 0.240 e. The lowest BCUT2D eigenvalue weighted by Crippen LogP contribution is -2.35. The fourth-order valence-corrected chi connectivity index (χ4v) is 2.31. The molecule has 0 saturated carbocycles. The van der Waals surface area contributed by atoms with Crippen LogP contribution in [0.1, 0.15) is 34.1 Å². The van der Waals surface area contributed by atoms with Crippen LogP contribution in [-0.2, 0) is 4.79 Å². The molecule has 0 bridgehead atoms. The number of rotatable bonds is 1. The lowest BCUT2D eigenvalue weighted by Gasteiger charge is -2.36. The van der Waals surface area contributed by atoms with Crippen molar-refractivity contribution >= 4 is 5.91 Å². The van der Waals surface area contributed by atoms with E-state index in [0.29, 0.717) is 12.3 Å². The number of carbonyl (C=O) groups is 1. The van der Waals surface area contributed by atoms with Crippen LogP contribution in [0.25, 0.3) is 0 Å². The predicted molar refractivity (Wildman–Crippen MR) is 64.3 cm³/mol. The summed E-state index contributed by atoms with van der Waals surface area (Å²) < 4.78 is 0. The SMILES string of the molecule is CC1=C(N2CCC(=O)N2)C=CC(C)(C)C1C. The van der Waals surface area contributed by atoms with Crippen molar-refractivity contribution < 1.29 is 4.79 Å². The van der Waals surface area contributed by atoms with Crippen LogP contribution in [0.15, 0.2) is 23.4 Å². The zero-order valence-corrected chi connectivity index (χ0v) is 10.5. The zero-order valence-electron chi connectivity index (χ0n) is 10.5. The second kappa shape index (κ2) is 3.65. The maximum absolute atomic E-state index is 11.2. The fraction of sp³-hybridized carbons (Fsp3) is 0.615. The highest BCUT2D eigenvalue weighted by Crippen LogP contribution is 2.39. The molecule has 1 N–H and O–H groups in total. The van der Waals surface area contributed by atoms with Gasteiger partial charge in [-0.15, -0.1) is 0 Å². The van der Waals surface area contributed by atoms with Crippen LogP contribution < -0.4 is 5.43 Å². The molecule has 0 aromatic rings. The summed E-state index contributed by atoms with van der Waals surface area (Å²) >= 11 is 0. The Bertz CT molecular complexity index is 379. The molecule has 1 unspecified atom stereocenters. The smallest absolute Gasteiger partial charge is 0.240 e. The fourth-order valence-electron chi connectivity index (χ4n) is 2.31. The van der Waals surface area contributed by atoms with Gasteiger partial charge < -0.3 is 0 Å². The molecule has 1 amide bonds. The second-order valence-electron chi connectivity index (χ2n) is 5.38. The Morgan fingerprint density at radius 2 is 2.19 bits per heavy atom. The van der Waals surface area contributed by atoms with Crippen molar-refractivity contribution in [1.82, 2.24) is 10.4 Å². The van der Waals surface area contributed by atoms with Gasteiger partial charge in [0.15, 0.2) is 0 Å². The first-order chi connectivity index (χ1) is 7.42. The molecule has 88 valence electrons. The zero-order chi connectivity index (χ0) is 11.9. The van der Waals surface area contributed by atoms with Crippen molar-refractivity contribution in [3.63, 3.8) is 0 Å². The van der Waals surface area contributed by atoms with Crippen LogP contribution in [0.3, 0.4) is 0 Å². The number of nitrogens with one attached hydrogen (secondary N) is 1. The van der Waals surface area contributed by atoms with Gasteiger partial charge in [-0.25, -0.2) is 0 Å². The number of hydrogen-bond donors (Lipinski definition) is 1. The molecule has 1 atom stereocenters. The standard InChI is InChI=1S/C13H20N2O/c1-9-10(2)13(3,4)7-5-11(9)15-8-6-12(16)14-15/h5,7,10H,6,8H2,1-4H3,(H,14,16). The van der Waals surface area contributed by atoms with Gasteiger partial charge in [0.05, 0.1) is 5.70 Å². The molecule has 0 spiro atoms. The van der Waals surface area contributed by atoms with Crippen molar-refractivity contribution in [3.8, 4) is 0 Å². The number of carbonyl (C=O) groups excluding carboxylic acids is 1. The highest BCUT2D eigenvalue weighted by molar-refractivity contribution is 5.77. The van der Waals surface area contributed by atoms with Crippen LogP contribution in [0, 0.1) is 11.3 Å². The minimum absolute atomic E-state index is 0.117. The molecule has 2 rings (SSSR count). The Morgan fingerprint density at radius 3 is 2.75 bits per heavy atom. The minimum atomic E-state index is 0.117. The van der Waals surface area contributed by atoms with Gasteiger partial charge in [0, 0.05) is 13.0 Å². The molecular weight excluding hydrogens is 200 g/mol. The second-order valence-corrected chi connectivity index (χ2v) is 5.38. The van der Waals surface area contributed by atoms with Crippen LogP contribution in [-0.4, -0.2) is 17.5 Å². The minimum Gasteiger partial charge on any atom is -0.285 e. The van der Waals surface area contributed by atoms with E-state index < -0.39 is 0 Å². The quantitative estimate of drug-likeness (QED) is 0.735. The lowest BCUT2D eigenvalue weighted by atomic mass is 9.72. The molecule has 2 aliphatic rings. The molecule has 0 aromatic carbocycles. The maximum atomic E-state index is 11.2. The molecule has 0 aromatic heterocycles.